The predicted molar refractivity (Wildman–Crippen MR) is 93.0 cm³/mol. The summed E-state index contributed by atoms with van der Waals surface area (Å²) in [5.74, 6) is -1.46. The molecule has 0 bridgehead atoms. The van der Waals surface area contributed by atoms with Gasteiger partial charge in [-0.1, -0.05) is 48.4 Å². The van der Waals surface area contributed by atoms with E-state index in [1.807, 2.05) is 30.3 Å². The summed E-state index contributed by atoms with van der Waals surface area (Å²) in [6, 6.07) is 13.3. The number of carbonyl (C=O) groups is 2. The van der Waals surface area contributed by atoms with Crippen LogP contribution in [0.5, 0.6) is 0 Å². The first-order chi connectivity index (χ1) is 12.0. The monoisotopic (exact) mass is 361 g/mol. The average Bonchev–Trinajstić information content (AvgIpc) is 2.56. The lowest BCUT2D eigenvalue weighted by molar-refractivity contribution is -0.156. The molecule has 0 aliphatic heterocycles. The third kappa shape index (κ3) is 3.66. The molecule has 1 amide bonds. The van der Waals surface area contributed by atoms with E-state index in [0.717, 1.165) is 18.1 Å². The molecule has 1 fully saturated rings. The Morgan fingerprint density at radius 1 is 1.16 bits per heavy atom. The SMILES string of the molecule is O=C(COC(=O)C1(c2ccccc2)CCC1)Nc1ccc(F)c(Cl)c1. The Hall–Kier alpha value is -2.40. The third-order valence-electron chi connectivity index (χ3n) is 4.46. The number of esters is 1. The highest BCUT2D eigenvalue weighted by atomic mass is 35.5. The molecule has 0 radical (unpaired) electrons. The molecule has 0 atom stereocenters. The zero-order chi connectivity index (χ0) is 17.9. The fourth-order valence-electron chi connectivity index (χ4n) is 2.94. The third-order valence-corrected chi connectivity index (χ3v) is 4.75. The molecule has 2 aromatic rings. The highest BCUT2D eigenvalue weighted by Gasteiger charge is 2.47. The number of benzene rings is 2. The number of amides is 1. The minimum atomic E-state index is -0.652. The highest BCUT2D eigenvalue weighted by Crippen LogP contribution is 2.44. The highest BCUT2D eigenvalue weighted by molar-refractivity contribution is 6.31. The number of hydrogen-bond donors (Lipinski definition) is 1. The van der Waals surface area contributed by atoms with Crippen molar-refractivity contribution >= 4 is 29.2 Å². The Labute approximate surface area is 149 Å². The molecule has 0 saturated heterocycles. The fourth-order valence-corrected chi connectivity index (χ4v) is 3.12. The predicted octanol–water partition coefficient (Wildman–Crippen LogP) is 4.08. The van der Waals surface area contributed by atoms with E-state index in [2.05, 4.69) is 5.32 Å². The van der Waals surface area contributed by atoms with Crippen molar-refractivity contribution in [1.82, 2.24) is 0 Å². The van der Waals surface area contributed by atoms with Crippen molar-refractivity contribution in [3.05, 3.63) is 64.9 Å². The van der Waals surface area contributed by atoms with E-state index in [1.165, 1.54) is 12.1 Å². The number of carbonyl (C=O) groups excluding carboxylic acids is 2. The molecule has 130 valence electrons. The van der Waals surface area contributed by atoms with Gasteiger partial charge in [-0.15, -0.1) is 0 Å². The van der Waals surface area contributed by atoms with Crippen molar-refractivity contribution in [3.63, 3.8) is 0 Å². The van der Waals surface area contributed by atoms with Gasteiger partial charge in [-0.2, -0.15) is 0 Å². The summed E-state index contributed by atoms with van der Waals surface area (Å²) in [7, 11) is 0. The molecule has 6 heteroatoms. The molecule has 4 nitrogen and oxygen atoms in total. The van der Waals surface area contributed by atoms with Crippen LogP contribution in [0.1, 0.15) is 24.8 Å². The summed E-state index contributed by atoms with van der Waals surface area (Å²) in [5, 5.41) is 2.43. The van der Waals surface area contributed by atoms with Gasteiger partial charge in [-0.25, -0.2) is 4.39 Å². The van der Waals surface area contributed by atoms with Crippen molar-refractivity contribution in [2.45, 2.75) is 24.7 Å². The molecular weight excluding hydrogens is 345 g/mol. The maximum atomic E-state index is 13.1. The Balaban J connectivity index is 1.60. The van der Waals surface area contributed by atoms with E-state index < -0.39 is 29.7 Å². The molecule has 1 aliphatic rings. The van der Waals surface area contributed by atoms with E-state index in [1.54, 1.807) is 0 Å². The second-order valence-electron chi connectivity index (χ2n) is 6.05. The van der Waals surface area contributed by atoms with Gasteiger partial charge in [0, 0.05) is 5.69 Å². The molecule has 1 N–H and O–H groups in total. The summed E-state index contributed by atoms with van der Waals surface area (Å²) < 4.78 is 18.3. The summed E-state index contributed by atoms with van der Waals surface area (Å²) in [6.45, 7) is -0.400. The van der Waals surface area contributed by atoms with Gasteiger partial charge >= 0.3 is 5.97 Å². The zero-order valence-corrected chi connectivity index (χ0v) is 14.2. The Bertz CT molecular complexity index is 791. The summed E-state index contributed by atoms with van der Waals surface area (Å²) >= 11 is 5.67. The van der Waals surface area contributed by atoms with Crippen LogP contribution in [0.4, 0.5) is 10.1 Å². The van der Waals surface area contributed by atoms with Crippen LogP contribution in [0.3, 0.4) is 0 Å². The van der Waals surface area contributed by atoms with E-state index in [0.29, 0.717) is 18.5 Å². The Kier molecular flexibility index (Phi) is 5.04. The number of halogens is 2. The molecule has 0 unspecified atom stereocenters. The lowest BCUT2D eigenvalue weighted by atomic mass is 9.64. The van der Waals surface area contributed by atoms with Crippen molar-refractivity contribution in [2.75, 3.05) is 11.9 Å². The first kappa shape index (κ1) is 17.4. The number of rotatable bonds is 5. The van der Waals surface area contributed by atoms with Gasteiger partial charge in [0.15, 0.2) is 6.61 Å². The van der Waals surface area contributed by atoms with Crippen molar-refractivity contribution in [3.8, 4) is 0 Å². The normalized spacial score (nSPS) is 15.1. The molecular formula is C19H17ClFNO3. The summed E-state index contributed by atoms with van der Waals surface area (Å²) in [4.78, 5) is 24.5. The number of ether oxygens (including phenoxy) is 1. The molecule has 25 heavy (non-hydrogen) atoms. The standard InChI is InChI=1S/C19H17ClFNO3/c20-15-11-14(7-8-16(15)21)22-17(23)12-25-18(24)19(9-4-10-19)13-5-2-1-3-6-13/h1-3,5-8,11H,4,9-10,12H2,(H,22,23). The lowest BCUT2D eigenvalue weighted by Gasteiger charge is -2.39. The second-order valence-corrected chi connectivity index (χ2v) is 6.46. The van der Waals surface area contributed by atoms with E-state index >= 15 is 0 Å². The first-order valence-electron chi connectivity index (χ1n) is 7.99. The van der Waals surface area contributed by atoms with Crippen LogP contribution in [0, 0.1) is 5.82 Å². The minimum Gasteiger partial charge on any atom is -0.455 e. The molecule has 0 spiro atoms. The topological polar surface area (TPSA) is 55.4 Å². The molecule has 3 rings (SSSR count). The average molecular weight is 362 g/mol. The smallest absolute Gasteiger partial charge is 0.317 e. The van der Waals surface area contributed by atoms with Gasteiger partial charge in [0.2, 0.25) is 0 Å². The van der Waals surface area contributed by atoms with Crippen LogP contribution in [-0.2, 0) is 19.7 Å². The largest absolute Gasteiger partial charge is 0.455 e. The molecule has 0 aromatic heterocycles. The van der Waals surface area contributed by atoms with Gasteiger partial charge in [0.1, 0.15) is 5.82 Å². The van der Waals surface area contributed by atoms with Gasteiger partial charge < -0.3 is 10.1 Å². The van der Waals surface area contributed by atoms with E-state index in [4.69, 9.17) is 16.3 Å². The number of anilines is 1. The number of hydrogen-bond acceptors (Lipinski definition) is 3. The van der Waals surface area contributed by atoms with Crippen LogP contribution in [0.25, 0.3) is 0 Å². The van der Waals surface area contributed by atoms with Gasteiger partial charge in [-0.3, -0.25) is 9.59 Å². The van der Waals surface area contributed by atoms with Crippen LogP contribution in [0.2, 0.25) is 5.02 Å². The van der Waals surface area contributed by atoms with Crippen LogP contribution >= 0.6 is 11.6 Å². The Morgan fingerprint density at radius 3 is 2.48 bits per heavy atom. The van der Waals surface area contributed by atoms with E-state index in [9.17, 15) is 14.0 Å². The zero-order valence-electron chi connectivity index (χ0n) is 13.4. The molecule has 2 aromatic carbocycles. The maximum Gasteiger partial charge on any atom is 0.317 e. The second kappa shape index (κ2) is 7.23. The molecule has 1 aliphatic carbocycles. The van der Waals surface area contributed by atoms with Crippen LogP contribution < -0.4 is 5.32 Å². The quantitative estimate of drug-likeness (QED) is 0.816. The van der Waals surface area contributed by atoms with Crippen molar-refractivity contribution < 1.29 is 18.7 Å². The number of nitrogens with one attached hydrogen (secondary N) is 1. The van der Waals surface area contributed by atoms with Gasteiger partial charge in [0.25, 0.3) is 5.91 Å². The van der Waals surface area contributed by atoms with Gasteiger partial charge in [0.05, 0.1) is 10.4 Å². The Morgan fingerprint density at radius 2 is 1.88 bits per heavy atom. The molecule has 1 saturated carbocycles. The van der Waals surface area contributed by atoms with Gasteiger partial charge in [-0.05, 0) is 36.6 Å². The lowest BCUT2D eigenvalue weighted by Crippen LogP contribution is -2.44. The van der Waals surface area contributed by atoms with E-state index in [-0.39, 0.29) is 5.02 Å². The van der Waals surface area contributed by atoms with Crippen molar-refractivity contribution in [1.29, 1.82) is 0 Å². The maximum absolute atomic E-state index is 13.1. The summed E-state index contributed by atoms with van der Waals surface area (Å²) in [5.41, 5.74) is 0.603. The fraction of sp³-hybridized carbons (Fsp3) is 0.263. The summed E-state index contributed by atoms with van der Waals surface area (Å²) in [6.07, 6.45) is 2.38. The van der Waals surface area contributed by atoms with Crippen molar-refractivity contribution in [2.24, 2.45) is 0 Å². The molecule has 0 heterocycles. The van der Waals surface area contributed by atoms with Crippen LogP contribution in [-0.4, -0.2) is 18.5 Å². The first-order valence-corrected chi connectivity index (χ1v) is 8.37. The van der Waals surface area contributed by atoms with Crippen LogP contribution in [0.15, 0.2) is 48.5 Å². The minimum absolute atomic E-state index is 0.0905.